The quantitative estimate of drug-likeness (QED) is 0.810. The number of hydrogen-bond acceptors (Lipinski definition) is 4. The Bertz CT molecular complexity index is 593. The highest BCUT2D eigenvalue weighted by Gasteiger charge is 2.43. The van der Waals surface area contributed by atoms with Crippen molar-refractivity contribution in [2.24, 2.45) is 11.3 Å². The van der Waals surface area contributed by atoms with Crippen LogP contribution in [0.25, 0.3) is 0 Å². The van der Waals surface area contributed by atoms with Gasteiger partial charge in [-0.2, -0.15) is 0 Å². The number of rotatable bonds is 5. The molecule has 3 aliphatic rings. The van der Waals surface area contributed by atoms with Crippen LogP contribution in [-0.2, 0) is 9.47 Å². The number of amides is 1. The van der Waals surface area contributed by atoms with E-state index in [9.17, 15) is 4.79 Å². The van der Waals surface area contributed by atoms with Crippen LogP contribution in [0.3, 0.4) is 0 Å². The minimum atomic E-state index is 0.0517. The molecule has 4 rings (SSSR count). The Morgan fingerprint density at radius 2 is 2.04 bits per heavy atom. The fourth-order valence-electron chi connectivity index (χ4n) is 4.73. The SMILES string of the molecule is O=C(c1ccccn1)N1CCC2(CC1)CO[C@H](COCC1CCCC1)C2. The molecule has 1 saturated carbocycles. The molecule has 5 nitrogen and oxygen atoms in total. The third-order valence-corrected chi connectivity index (χ3v) is 6.41. The summed E-state index contributed by atoms with van der Waals surface area (Å²) in [7, 11) is 0. The Hall–Kier alpha value is -1.46. The van der Waals surface area contributed by atoms with Crippen molar-refractivity contribution in [2.45, 2.75) is 51.0 Å². The van der Waals surface area contributed by atoms with Gasteiger partial charge in [-0.05, 0) is 55.6 Å². The minimum absolute atomic E-state index is 0.0517. The zero-order valence-corrected chi connectivity index (χ0v) is 15.6. The molecule has 2 aliphatic heterocycles. The van der Waals surface area contributed by atoms with Crippen molar-refractivity contribution in [1.29, 1.82) is 0 Å². The van der Waals surface area contributed by atoms with Crippen LogP contribution in [0.4, 0.5) is 0 Å². The van der Waals surface area contributed by atoms with Crippen molar-refractivity contribution >= 4 is 5.91 Å². The summed E-state index contributed by atoms with van der Waals surface area (Å²) in [4.78, 5) is 18.7. The summed E-state index contributed by atoms with van der Waals surface area (Å²) in [6.07, 6.45) is 10.4. The van der Waals surface area contributed by atoms with Gasteiger partial charge in [0.15, 0.2) is 0 Å². The molecule has 5 heteroatoms. The van der Waals surface area contributed by atoms with Gasteiger partial charge in [-0.15, -0.1) is 0 Å². The van der Waals surface area contributed by atoms with Crippen LogP contribution in [-0.4, -0.2) is 54.8 Å². The van der Waals surface area contributed by atoms with Crippen molar-refractivity contribution in [3.8, 4) is 0 Å². The lowest BCUT2D eigenvalue weighted by Gasteiger charge is -2.38. The lowest BCUT2D eigenvalue weighted by Crippen LogP contribution is -2.43. The summed E-state index contributed by atoms with van der Waals surface area (Å²) in [5.74, 6) is 0.821. The number of pyridine rings is 1. The van der Waals surface area contributed by atoms with Crippen LogP contribution < -0.4 is 0 Å². The average molecular weight is 358 g/mol. The number of hydrogen-bond donors (Lipinski definition) is 0. The Balaban J connectivity index is 1.22. The number of carbonyl (C=O) groups is 1. The molecule has 0 bridgehead atoms. The first-order valence-electron chi connectivity index (χ1n) is 10.1. The van der Waals surface area contributed by atoms with E-state index in [4.69, 9.17) is 9.47 Å². The Morgan fingerprint density at radius 1 is 1.23 bits per heavy atom. The zero-order chi connectivity index (χ0) is 17.8. The monoisotopic (exact) mass is 358 g/mol. The maximum atomic E-state index is 12.5. The van der Waals surface area contributed by atoms with Gasteiger partial charge in [-0.25, -0.2) is 0 Å². The summed E-state index contributed by atoms with van der Waals surface area (Å²) in [6, 6.07) is 5.50. The van der Waals surface area contributed by atoms with E-state index < -0.39 is 0 Å². The van der Waals surface area contributed by atoms with E-state index in [1.54, 1.807) is 12.3 Å². The van der Waals surface area contributed by atoms with Crippen LogP contribution >= 0.6 is 0 Å². The first-order valence-corrected chi connectivity index (χ1v) is 10.1. The largest absolute Gasteiger partial charge is 0.378 e. The second kappa shape index (κ2) is 8.05. The van der Waals surface area contributed by atoms with Crippen LogP contribution in [0, 0.1) is 11.3 Å². The lowest BCUT2D eigenvalue weighted by molar-refractivity contribution is 0.00260. The Kier molecular flexibility index (Phi) is 5.55. The number of piperidine rings is 1. The number of carbonyl (C=O) groups excluding carboxylic acids is 1. The first kappa shape index (κ1) is 17.9. The molecule has 142 valence electrons. The molecule has 26 heavy (non-hydrogen) atoms. The van der Waals surface area contributed by atoms with Crippen molar-refractivity contribution in [3.63, 3.8) is 0 Å². The van der Waals surface area contributed by atoms with E-state index in [-0.39, 0.29) is 17.4 Å². The van der Waals surface area contributed by atoms with Gasteiger partial charge in [0.05, 0.1) is 19.3 Å². The predicted octanol–water partition coefficient (Wildman–Crippen LogP) is 3.30. The highest BCUT2D eigenvalue weighted by atomic mass is 16.5. The highest BCUT2D eigenvalue weighted by Crippen LogP contribution is 2.42. The summed E-state index contributed by atoms with van der Waals surface area (Å²) in [5, 5.41) is 0. The third kappa shape index (κ3) is 4.09. The molecule has 1 amide bonds. The van der Waals surface area contributed by atoms with Gasteiger partial charge in [0, 0.05) is 25.9 Å². The lowest BCUT2D eigenvalue weighted by atomic mass is 9.76. The standard InChI is InChI=1S/C21H30N2O3/c24-20(19-7-3-4-10-22-19)23-11-8-21(9-12-23)13-18(26-16-21)15-25-14-17-5-1-2-6-17/h3-4,7,10,17-18H,1-2,5-6,8-9,11-16H2/t18-/m0/s1. The second-order valence-corrected chi connectivity index (χ2v) is 8.33. The fraction of sp³-hybridized carbons (Fsp3) is 0.714. The summed E-state index contributed by atoms with van der Waals surface area (Å²) in [5.41, 5.74) is 0.784. The number of likely N-dealkylation sites (tertiary alicyclic amines) is 1. The van der Waals surface area contributed by atoms with Crippen molar-refractivity contribution in [3.05, 3.63) is 30.1 Å². The fourth-order valence-corrected chi connectivity index (χ4v) is 4.73. The van der Waals surface area contributed by atoms with Crippen LogP contribution in [0.15, 0.2) is 24.4 Å². The molecule has 1 aromatic heterocycles. The van der Waals surface area contributed by atoms with E-state index >= 15 is 0 Å². The molecular formula is C21H30N2O3. The van der Waals surface area contributed by atoms with Gasteiger partial charge in [-0.1, -0.05) is 18.9 Å². The van der Waals surface area contributed by atoms with E-state index in [1.807, 2.05) is 17.0 Å². The molecule has 1 aromatic rings. The van der Waals surface area contributed by atoms with Crippen LogP contribution in [0.2, 0.25) is 0 Å². The van der Waals surface area contributed by atoms with Crippen molar-refractivity contribution < 1.29 is 14.3 Å². The highest BCUT2D eigenvalue weighted by molar-refractivity contribution is 5.92. The molecule has 1 aliphatic carbocycles. The minimum Gasteiger partial charge on any atom is -0.378 e. The van der Waals surface area contributed by atoms with Gasteiger partial charge < -0.3 is 14.4 Å². The molecule has 0 N–H and O–H groups in total. The summed E-state index contributed by atoms with van der Waals surface area (Å²) >= 11 is 0. The predicted molar refractivity (Wildman–Crippen MR) is 98.9 cm³/mol. The van der Waals surface area contributed by atoms with E-state index in [0.717, 1.165) is 58.1 Å². The summed E-state index contributed by atoms with van der Waals surface area (Å²) in [6.45, 7) is 4.05. The molecule has 0 aromatic carbocycles. The van der Waals surface area contributed by atoms with E-state index in [2.05, 4.69) is 4.98 Å². The van der Waals surface area contributed by atoms with Gasteiger partial charge in [0.25, 0.3) is 5.91 Å². The van der Waals surface area contributed by atoms with E-state index in [1.165, 1.54) is 25.7 Å². The zero-order valence-electron chi connectivity index (χ0n) is 15.6. The number of nitrogens with zero attached hydrogens (tertiary/aromatic N) is 2. The van der Waals surface area contributed by atoms with Gasteiger partial charge in [0.1, 0.15) is 5.69 Å². The van der Waals surface area contributed by atoms with Gasteiger partial charge in [-0.3, -0.25) is 9.78 Å². The maximum absolute atomic E-state index is 12.5. The van der Waals surface area contributed by atoms with Crippen LogP contribution in [0.5, 0.6) is 0 Å². The van der Waals surface area contributed by atoms with Crippen LogP contribution in [0.1, 0.15) is 55.4 Å². The molecular weight excluding hydrogens is 328 g/mol. The molecule has 0 radical (unpaired) electrons. The normalized spacial score (nSPS) is 25.8. The van der Waals surface area contributed by atoms with E-state index in [0.29, 0.717) is 5.69 Å². The smallest absolute Gasteiger partial charge is 0.272 e. The molecule has 1 spiro atoms. The maximum Gasteiger partial charge on any atom is 0.272 e. The Labute approximate surface area is 156 Å². The molecule has 2 saturated heterocycles. The second-order valence-electron chi connectivity index (χ2n) is 8.33. The van der Waals surface area contributed by atoms with Gasteiger partial charge in [0.2, 0.25) is 0 Å². The summed E-state index contributed by atoms with van der Waals surface area (Å²) < 4.78 is 12.0. The average Bonchev–Trinajstić information content (AvgIpc) is 3.33. The Morgan fingerprint density at radius 3 is 2.77 bits per heavy atom. The first-order chi connectivity index (χ1) is 12.7. The molecule has 1 atom stereocenters. The number of aromatic nitrogens is 1. The van der Waals surface area contributed by atoms with Crippen molar-refractivity contribution in [1.82, 2.24) is 9.88 Å². The molecule has 3 fully saturated rings. The van der Waals surface area contributed by atoms with Crippen molar-refractivity contribution in [2.75, 3.05) is 32.9 Å². The topological polar surface area (TPSA) is 51.7 Å². The number of ether oxygens (including phenoxy) is 2. The third-order valence-electron chi connectivity index (χ3n) is 6.41. The molecule has 0 unspecified atom stereocenters. The molecule has 3 heterocycles. The van der Waals surface area contributed by atoms with Gasteiger partial charge >= 0.3 is 0 Å².